The van der Waals surface area contributed by atoms with Crippen LogP contribution in [0.5, 0.6) is 0 Å². The van der Waals surface area contributed by atoms with Gasteiger partial charge in [0.15, 0.2) is 0 Å². The first kappa shape index (κ1) is 49.7. The zero-order valence-corrected chi connectivity index (χ0v) is 40.2. The minimum absolute atomic E-state index is 0.00179. The van der Waals surface area contributed by atoms with Crippen LogP contribution in [0.15, 0.2) is 53.7 Å². The van der Waals surface area contributed by atoms with Gasteiger partial charge in [0.25, 0.3) is 11.8 Å². The molecule has 4 aliphatic rings. The number of thioether (sulfide) groups is 1. The van der Waals surface area contributed by atoms with Crippen LogP contribution in [-0.4, -0.2) is 182 Å². The van der Waals surface area contributed by atoms with Crippen molar-refractivity contribution in [3.05, 3.63) is 65.6 Å². The molecule has 3 fully saturated rings. The van der Waals surface area contributed by atoms with E-state index in [9.17, 15) is 24.0 Å². The second-order valence-corrected chi connectivity index (χ2v) is 18.6. The van der Waals surface area contributed by atoms with E-state index in [4.69, 9.17) is 28.7 Å². The minimum atomic E-state index is -0.633. The lowest BCUT2D eigenvalue weighted by Gasteiger charge is -2.36. The number of ether oxygens (including phenoxy) is 5. The predicted octanol–water partition coefficient (Wildman–Crippen LogP) is 3.67. The van der Waals surface area contributed by atoms with Crippen LogP contribution in [0.4, 0.5) is 17.5 Å². The summed E-state index contributed by atoms with van der Waals surface area (Å²) in [6, 6.07) is 11.0. The summed E-state index contributed by atoms with van der Waals surface area (Å²) in [5.41, 5.74) is 3.85. The number of nitrogens with zero attached hydrogens (tertiary/aromatic N) is 8. The Morgan fingerprint density at radius 1 is 0.826 bits per heavy atom. The molecule has 370 valence electrons. The maximum absolute atomic E-state index is 13.1. The fourth-order valence-electron chi connectivity index (χ4n) is 9.00. The summed E-state index contributed by atoms with van der Waals surface area (Å²) in [5.74, 6) is 0.723. The van der Waals surface area contributed by atoms with Crippen LogP contribution in [0, 0.1) is 0 Å². The molecule has 1 atom stereocenters. The van der Waals surface area contributed by atoms with Crippen LogP contribution in [-0.2, 0) is 44.6 Å². The Morgan fingerprint density at radius 3 is 2.19 bits per heavy atom. The number of benzene rings is 1. The number of anilines is 3. The first-order valence-electron chi connectivity index (χ1n) is 23.8. The lowest BCUT2D eigenvalue weighted by molar-refractivity contribution is -0.138. The lowest BCUT2D eigenvalue weighted by Crippen LogP contribution is -2.52. The first-order chi connectivity index (χ1) is 33.6. The summed E-state index contributed by atoms with van der Waals surface area (Å²) in [4.78, 5) is 85.0. The number of amides is 5. The second kappa shape index (κ2) is 24.2. The summed E-state index contributed by atoms with van der Waals surface area (Å²) >= 11 is 1.60. The van der Waals surface area contributed by atoms with Crippen LogP contribution >= 0.6 is 11.8 Å². The molecule has 20 nitrogen and oxygen atoms in total. The quantitative estimate of drug-likeness (QED) is 0.0583. The number of piperidine rings is 1. The molecule has 3 aliphatic heterocycles. The molecule has 3 aromatic heterocycles. The number of imide groups is 1. The summed E-state index contributed by atoms with van der Waals surface area (Å²) in [6.07, 6.45) is 8.43. The van der Waals surface area contributed by atoms with Crippen molar-refractivity contribution in [2.24, 2.45) is 0 Å². The van der Waals surface area contributed by atoms with E-state index < -0.39 is 11.9 Å². The SMILES string of the molecule is CN(C)C(=O)c1cc2cnc(Nc3ccc(N4CCN(C(=O)COCCOCCOCCOCCOCCSc5cccc6c5CN(C5CCC(=O)NC5=O)C6=O)CC4)cn3)nc2n1C1CCCC1. The fraction of sp³-hybridized carbons (Fsp3) is 0.542. The van der Waals surface area contributed by atoms with E-state index in [1.165, 1.54) is 0 Å². The Bertz CT molecular complexity index is 2420. The highest BCUT2D eigenvalue weighted by molar-refractivity contribution is 7.99. The average molecular weight is 971 g/mol. The van der Waals surface area contributed by atoms with Gasteiger partial charge in [0.2, 0.25) is 23.7 Å². The van der Waals surface area contributed by atoms with Gasteiger partial charge in [-0.1, -0.05) is 18.9 Å². The van der Waals surface area contributed by atoms with Crippen LogP contribution in [0.1, 0.15) is 71.0 Å². The van der Waals surface area contributed by atoms with Crippen LogP contribution in [0.25, 0.3) is 11.0 Å². The summed E-state index contributed by atoms with van der Waals surface area (Å²) < 4.78 is 30.2. The number of rotatable bonds is 24. The zero-order chi connectivity index (χ0) is 48.1. The zero-order valence-electron chi connectivity index (χ0n) is 39.4. The Morgan fingerprint density at radius 2 is 1.52 bits per heavy atom. The van der Waals surface area contributed by atoms with E-state index in [0.717, 1.165) is 52.9 Å². The molecule has 0 spiro atoms. The number of carbonyl (C=O) groups excluding carboxylic acids is 5. The lowest BCUT2D eigenvalue weighted by atomic mass is 10.0. The van der Waals surface area contributed by atoms with E-state index in [2.05, 4.69) is 30.1 Å². The van der Waals surface area contributed by atoms with Gasteiger partial charge in [-0.3, -0.25) is 29.3 Å². The van der Waals surface area contributed by atoms with Crippen molar-refractivity contribution in [1.82, 2.24) is 39.5 Å². The molecule has 6 heterocycles. The van der Waals surface area contributed by atoms with Gasteiger partial charge in [0, 0.05) is 87.1 Å². The smallest absolute Gasteiger partial charge is 0.270 e. The topological polar surface area (TPSA) is 212 Å². The Kier molecular flexibility index (Phi) is 17.4. The van der Waals surface area contributed by atoms with Crippen molar-refractivity contribution in [3.8, 4) is 0 Å². The third kappa shape index (κ3) is 12.7. The van der Waals surface area contributed by atoms with Gasteiger partial charge >= 0.3 is 0 Å². The molecule has 0 radical (unpaired) electrons. The third-order valence-electron chi connectivity index (χ3n) is 12.6. The van der Waals surface area contributed by atoms with Gasteiger partial charge in [-0.25, -0.2) is 9.97 Å². The number of piperazine rings is 1. The normalized spacial score (nSPS) is 17.5. The number of fused-ring (bicyclic) bond motifs is 2. The van der Waals surface area contributed by atoms with E-state index in [1.807, 2.05) is 41.4 Å². The highest BCUT2D eigenvalue weighted by Gasteiger charge is 2.40. The van der Waals surface area contributed by atoms with Gasteiger partial charge in [0.1, 0.15) is 29.8 Å². The largest absolute Gasteiger partial charge is 0.378 e. The number of aromatic nitrogens is 4. The van der Waals surface area contributed by atoms with E-state index in [0.29, 0.717) is 127 Å². The minimum Gasteiger partial charge on any atom is -0.378 e. The number of carbonyl (C=O) groups is 5. The number of hydrogen-bond donors (Lipinski definition) is 2. The molecule has 1 unspecified atom stereocenters. The van der Waals surface area contributed by atoms with Crippen molar-refractivity contribution >= 4 is 69.8 Å². The molecule has 69 heavy (non-hydrogen) atoms. The average Bonchev–Trinajstić information content (AvgIpc) is 4.11. The molecule has 2 N–H and O–H groups in total. The van der Waals surface area contributed by atoms with Crippen molar-refractivity contribution < 1.29 is 47.7 Å². The van der Waals surface area contributed by atoms with Gasteiger partial charge in [-0.05, 0) is 55.2 Å². The third-order valence-corrected chi connectivity index (χ3v) is 13.7. The maximum atomic E-state index is 13.1. The number of pyridine rings is 1. The fourth-order valence-corrected chi connectivity index (χ4v) is 9.95. The van der Waals surface area contributed by atoms with Gasteiger partial charge in [-0.2, -0.15) is 4.98 Å². The summed E-state index contributed by atoms with van der Waals surface area (Å²) in [7, 11) is 3.53. The van der Waals surface area contributed by atoms with E-state index >= 15 is 0 Å². The molecule has 5 amide bonds. The van der Waals surface area contributed by atoms with E-state index in [-0.39, 0.29) is 42.7 Å². The molecule has 4 aromatic rings. The van der Waals surface area contributed by atoms with Crippen LogP contribution < -0.4 is 15.5 Å². The first-order valence-corrected chi connectivity index (χ1v) is 24.8. The molecule has 1 aromatic carbocycles. The Labute approximate surface area is 405 Å². The highest BCUT2D eigenvalue weighted by atomic mass is 32.2. The van der Waals surface area contributed by atoms with Crippen molar-refractivity contribution in [2.45, 2.75) is 62.0 Å². The van der Waals surface area contributed by atoms with Crippen molar-refractivity contribution in [2.75, 3.05) is 122 Å². The summed E-state index contributed by atoms with van der Waals surface area (Å²) in [5, 5.41) is 6.41. The highest BCUT2D eigenvalue weighted by Crippen LogP contribution is 2.36. The molecule has 1 aliphatic carbocycles. The number of hydrogen-bond acceptors (Lipinski definition) is 16. The van der Waals surface area contributed by atoms with Crippen molar-refractivity contribution in [1.29, 1.82) is 0 Å². The monoisotopic (exact) mass is 970 g/mol. The molecular weight excluding hydrogens is 909 g/mol. The molecule has 0 bridgehead atoms. The van der Waals surface area contributed by atoms with Gasteiger partial charge in [0.05, 0.1) is 71.3 Å². The molecule has 8 rings (SSSR count). The standard InChI is InChI=1S/C48H62N10O10S/c1-54(2)47(63)39-28-33-29-50-48(53-44(33)58(39)34-6-3-4-7-34)51-41-12-10-35(30-49-41)55-14-16-56(17-15-55)43(60)32-68-25-24-66-21-20-64-18-19-65-22-23-67-26-27-69-40-9-5-8-36-37(40)31-57(46(36)62)38-11-13-42(59)52-45(38)61/h5,8-10,12,28-30,34,38H,3-4,6-7,11,13-27,31-32H2,1-2H3,(H,52,59,61)(H,49,50,51,53). The predicted molar refractivity (Wildman–Crippen MR) is 257 cm³/mol. The van der Waals surface area contributed by atoms with E-state index in [1.54, 1.807) is 47.9 Å². The Balaban J connectivity index is 0.624. The van der Waals surface area contributed by atoms with Crippen LogP contribution in [0.3, 0.4) is 0 Å². The van der Waals surface area contributed by atoms with Crippen LogP contribution in [0.2, 0.25) is 0 Å². The van der Waals surface area contributed by atoms with Gasteiger partial charge in [-0.15, -0.1) is 11.8 Å². The Hall–Kier alpha value is -5.71. The second-order valence-electron chi connectivity index (χ2n) is 17.4. The molecule has 21 heteroatoms. The molecule has 1 saturated carbocycles. The molecular formula is C48H62N10O10S. The summed E-state index contributed by atoms with van der Waals surface area (Å²) in [6.45, 7) is 6.58. The van der Waals surface area contributed by atoms with Crippen molar-refractivity contribution in [3.63, 3.8) is 0 Å². The number of nitrogens with one attached hydrogen (secondary N) is 2. The van der Waals surface area contributed by atoms with Gasteiger partial charge < -0.3 is 53.2 Å². The molecule has 2 saturated heterocycles. The maximum Gasteiger partial charge on any atom is 0.270 e.